The van der Waals surface area contributed by atoms with Gasteiger partial charge in [0.15, 0.2) is 0 Å². The van der Waals surface area contributed by atoms with E-state index in [1.165, 1.54) is 11.3 Å². The highest BCUT2D eigenvalue weighted by atomic mass is 32.1. The van der Waals surface area contributed by atoms with Gasteiger partial charge in [0.05, 0.1) is 17.7 Å². The Morgan fingerprint density at radius 2 is 2.05 bits per heavy atom. The Balaban J connectivity index is 2.23. The molecule has 0 radical (unpaired) electrons. The van der Waals surface area contributed by atoms with Gasteiger partial charge in [-0.15, -0.1) is 0 Å². The number of benzene rings is 1. The minimum absolute atomic E-state index is 0.0790. The summed E-state index contributed by atoms with van der Waals surface area (Å²) in [6, 6.07) is 11.7. The lowest BCUT2D eigenvalue weighted by Gasteiger charge is -2.30. The van der Waals surface area contributed by atoms with Gasteiger partial charge >= 0.3 is 0 Å². The number of amides is 1. The largest absolute Gasteiger partial charge is 0.382 e. The molecule has 0 aliphatic rings. The molecule has 2 aromatic rings. The molecule has 0 saturated carbocycles. The first-order valence-electron chi connectivity index (χ1n) is 6.05. The molecule has 0 unspecified atom stereocenters. The second-order valence-electron chi connectivity index (χ2n) is 4.60. The highest BCUT2D eigenvalue weighted by Gasteiger charge is 2.29. The van der Waals surface area contributed by atoms with Crippen LogP contribution >= 0.6 is 11.3 Å². The summed E-state index contributed by atoms with van der Waals surface area (Å²) in [4.78, 5) is 12.2. The van der Waals surface area contributed by atoms with Crippen molar-refractivity contribution in [3.63, 3.8) is 0 Å². The van der Waals surface area contributed by atoms with Gasteiger partial charge in [0.25, 0.3) is 5.91 Å². The molecule has 0 fully saturated rings. The van der Waals surface area contributed by atoms with Gasteiger partial charge in [0.1, 0.15) is 0 Å². The van der Waals surface area contributed by atoms with E-state index in [-0.39, 0.29) is 5.91 Å². The Morgan fingerprint density at radius 1 is 1.32 bits per heavy atom. The average Bonchev–Trinajstić information content (AvgIpc) is 2.94. The van der Waals surface area contributed by atoms with Crippen LogP contribution in [0, 0.1) is 0 Å². The van der Waals surface area contributed by atoms with Crippen LogP contribution in [0.2, 0.25) is 0 Å². The minimum Gasteiger partial charge on any atom is -0.382 e. The van der Waals surface area contributed by atoms with Crippen molar-refractivity contribution in [1.29, 1.82) is 0 Å². The molecule has 1 aromatic heterocycles. The fraction of sp³-hybridized carbons (Fsp3) is 0.267. The monoisotopic (exact) mass is 275 g/mol. The van der Waals surface area contributed by atoms with Crippen molar-refractivity contribution in [2.75, 3.05) is 13.7 Å². The first-order chi connectivity index (χ1) is 9.15. The van der Waals surface area contributed by atoms with E-state index in [2.05, 4.69) is 5.32 Å². The van der Waals surface area contributed by atoms with E-state index in [0.717, 1.165) is 5.56 Å². The third-order valence-electron chi connectivity index (χ3n) is 3.02. The number of methoxy groups -OCH3 is 1. The zero-order chi connectivity index (χ0) is 13.7. The van der Waals surface area contributed by atoms with Crippen molar-refractivity contribution in [1.82, 2.24) is 5.32 Å². The standard InChI is InChI=1S/C15H17NO2S/c1-15(11-18-2,13-6-4-3-5-7-13)16-14(17)12-8-9-19-10-12/h3-10H,11H2,1-2H3,(H,16,17)/t15-/m0/s1. The van der Waals surface area contributed by atoms with Crippen LogP contribution in [-0.4, -0.2) is 19.6 Å². The molecule has 3 nitrogen and oxygen atoms in total. The number of nitrogens with one attached hydrogen (secondary N) is 1. The Morgan fingerprint density at radius 3 is 2.63 bits per heavy atom. The van der Waals surface area contributed by atoms with E-state index in [1.807, 2.05) is 54.1 Å². The van der Waals surface area contributed by atoms with Crippen LogP contribution in [0.3, 0.4) is 0 Å². The summed E-state index contributed by atoms with van der Waals surface area (Å²) in [7, 11) is 1.64. The van der Waals surface area contributed by atoms with Crippen LogP contribution in [0.1, 0.15) is 22.8 Å². The molecule has 1 aromatic carbocycles. The second-order valence-corrected chi connectivity index (χ2v) is 5.38. The molecule has 2 rings (SSSR count). The fourth-order valence-electron chi connectivity index (χ4n) is 2.00. The molecule has 0 aliphatic heterocycles. The summed E-state index contributed by atoms with van der Waals surface area (Å²) in [5.41, 5.74) is 1.18. The van der Waals surface area contributed by atoms with Gasteiger partial charge in [-0.3, -0.25) is 4.79 Å². The summed E-state index contributed by atoms with van der Waals surface area (Å²) >= 11 is 1.51. The lowest BCUT2D eigenvalue weighted by molar-refractivity contribution is 0.0786. The van der Waals surface area contributed by atoms with Crippen LogP contribution in [0.25, 0.3) is 0 Å². The zero-order valence-corrected chi connectivity index (χ0v) is 11.9. The van der Waals surface area contributed by atoms with Gasteiger partial charge in [-0.05, 0) is 23.9 Å². The Labute approximate surface area is 117 Å². The van der Waals surface area contributed by atoms with Crippen LogP contribution in [0.4, 0.5) is 0 Å². The summed E-state index contributed by atoms with van der Waals surface area (Å²) in [5, 5.41) is 6.79. The van der Waals surface area contributed by atoms with Crippen LogP contribution in [-0.2, 0) is 10.3 Å². The molecule has 0 bridgehead atoms. The van der Waals surface area contributed by atoms with E-state index in [4.69, 9.17) is 4.74 Å². The maximum Gasteiger partial charge on any atom is 0.252 e. The second kappa shape index (κ2) is 5.99. The van der Waals surface area contributed by atoms with Gasteiger partial charge < -0.3 is 10.1 Å². The molecule has 0 aliphatic carbocycles. The highest BCUT2D eigenvalue weighted by molar-refractivity contribution is 7.08. The third kappa shape index (κ3) is 3.22. The summed E-state index contributed by atoms with van der Waals surface area (Å²) < 4.78 is 5.27. The predicted octanol–water partition coefficient (Wildman–Crippen LogP) is 3.04. The van der Waals surface area contributed by atoms with E-state index in [1.54, 1.807) is 7.11 Å². The smallest absolute Gasteiger partial charge is 0.252 e. The van der Waals surface area contributed by atoms with Crippen molar-refractivity contribution in [3.8, 4) is 0 Å². The van der Waals surface area contributed by atoms with Crippen LogP contribution in [0.15, 0.2) is 47.2 Å². The molecule has 1 heterocycles. The summed E-state index contributed by atoms with van der Waals surface area (Å²) in [5.74, 6) is -0.0790. The first-order valence-corrected chi connectivity index (χ1v) is 6.99. The normalized spacial score (nSPS) is 13.8. The molecule has 1 N–H and O–H groups in total. The van der Waals surface area contributed by atoms with Crippen molar-refractivity contribution in [3.05, 3.63) is 58.3 Å². The maximum absolute atomic E-state index is 12.2. The molecular formula is C15H17NO2S. The topological polar surface area (TPSA) is 38.3 Å². The van der Waals surface area contributed by atoms with Gasteiger partial charge in [0.2, 0.25) is 0 Å². The molecule has 0 saturated heterocycles. The number of ether oxygens (including phenoxy) is 1. The molecule has 4 heteroatoms. The number of thiophene rings is 1. The number of carbonyl (C=O) groups is 1. The van der Waals surface area contributed by atoms with Crippen molar-refractivity contribution >= 4 is 17.2 Å². The van der Waals surface area contributed by atoms with Crippen LogP contribution in [0.5, 0.6) is 0 Å². The number of carbonyl (C=O) groups excluding carboxylic acids is 1. The predicted molar refractivity (Wildman–Crippen MR) is 77.5 cm³/mol. The number of hydrogen-bond donors (Lipinski definition) is 1. The molecule has 1 atom stereocenters. The molecule has 19 heavy (non-hydrogen) atoms. The van der Waals surface area contributed by atoms with Gasteiger partial charge in [-0.1, -0.05) is 30.3 Å². The molecule has 1 amide bonds. The van der Waals surface area contributed by atoms with Gasteiger partial charge in [0, 0.05) is 12.5 Å². The van der Waals surface area contributed by atoms with E-state index in [0.29, 0.717) is 12.2 Å². The minimum atomic E-state index is -0.533. The Bertz CT molecular complexity index is 524. The molecule has 0 spiro atoms. The highest BCUT2D eigenvalue weighted by Crippen LogP contribution is 2.22. The lowest BCUT2D eigenvalue weighted by Crippen LogP contribution is -2.46. The fourth-order valence-corrected chi connectivity index (χ4v) is 2.64. The quantitative estimate of drug-likeness (QED) is 0.911. The van der Waals surface area contributed by atoms with Crippen molar-refractivity contribution in [2.45, 2.75) is 12.5 Å². The molecular weight excluding hydrogens is 258 g/mol. The lowest BCUT2D eigenvalue weighted by atomic mass is 9.92. The zero-order valence-electron chi connectivity index (χ0n) is 11.1. The Kier molecular flexibility index (Phi) is 4.35. The maximum atomic E-state index is 12.2. The summed E-state index contributed by atoms with van der Waals surface area (Å²) in [6.45, 7) is 2.39. The van der Waals surface area contributed by atoms with Crippen molar-refractivity contribution in [2.24, 2.45) is 0 Å². The molecule has 100 valence electrons. The number of hydrogen-bond acceptors (Lipinski definition) is 3. The van der Waals surface area contributed by atoms with Crippen LogP contribution < -0.4 is 5.32 Å². The van der Waals surface area contributed by atoms with Crippen molar-refractivity contribution < 1.29 is 9.53 Å². The third-order valence-corrected chi connectivity index (χ3v) is 3.70. The Hall–Kier alpha value is -1.65. The number of rotatable bonds is 5. The first kappa shape index (κ1) is 13.8. The average molecular weight is 275 g/mol. The summed E-state index contributed by atoms with van der Waals surface area (Å²) in [6.07, 6.45) is 0. The van der Waals surface area contributed by atoms with Gasteiger partial charge in [-0.2, -0.15) is 11.3 Å². The van der Waals surface area contributed by atoms with E-state index in [9.17, 15) is 4.79 Å². The van der Waals surface area contributed by atoms with E-state index >= 15 is 0 Å². The SMILES string of the molecule is COC[C@](C)(NC(=O)c1ccsc1)c1ccccc1. The van der Waals surface area contributed by atoms with E-state index < -0.39 is 5.54 Å². The van der Waals surface area contributed by atoms with Gasteiger partial charge in [-0.25, -0.2) is 0 Å².